The Kier molecular flexibility index (Phi) is 4.32. The van der Waals surface area contributed by atoms with Crippen molar-refractivity contribution in [2.24, 2.45) is 0 Å². The molecule has 0 atom stereocenters. The molecule has 0 bridgehead atoms. The topological polar surface area (TPSA) is 93.2 Å². The van der Waals surface area contributed by atoms with E-state index in [2.05, 4.69) is 4.74 Å². The van der Waals surface area contributed by atoms with Gasteiger partial charge >= 0.3 is 11.7 Å². The number of esters is 1. The zero-order valence-electron chi connectivity index (χ0n) is 9.47. The second kappa shape index (κ2) is 5.72. The molecule has 0 aliphatic heterocycles. The third-order valence-corrected chi connectivity index (χ3v) is 2.13. The van der Waals surface area contributed by atoms with Gasteiger partial charge in [-0.05, 0) is 18.6 Å². The van der Waals surface area contributed by atoms with Crippen LogP contribution in [0.3, 0.4) is 0 Å². The molecule has 6 nitrogen and oxygen atoms in total. The van der Waals surface area contributed by atoms with Gasteiger partial charge in [0, 0.05) is 6.07 Å². The van der Waals surface area contributed by atoms with E-state index in [0.717, 1.165) is 12.1 Å². The zero-order chi connectivity index (χ0) is 13.7. The highest BCUT2D eigenvalue weighted by Crippen LogP contribution is 2.22. The Morgan fingerprint density at radius 2 is 2.28 bits per heavy atom. The molecule has 0 amide bonds. The van der Waals surface area contributed by atoms with Crippen molar-refractivity contribution in [1.82, 2.24) is 0 Å². The van der Waals surface area contributed by atoms with Gasteiger partial charge < -0.3 is 4.74 Å². The summed E-state index contributed by atoms with van der Waals surface area (Å²) < 4.78 is 18.0. The SMILES string of the molecule is CCOC(=O)Cc1cc(F)c([N+](=O)[O-])cc1C#N. The maximum absolute atomic E-state index is 13.4. The second-order valence-corrected chi connectivity index (χ2v) is 3.31. The zero-order valence-corrected chi connectivity index (χ0v) is 9.47. The first-order valence-corrected chi connectivity index (χ1v) is 5.02. The number of nitriles is 1. The Bertz CT molecular complexity index is 537. The summed E-state index contributed by atoms with van der Waals surface area (Å²) in [5, 5.41) is 19.3. The van der Waals surface area contributed by atoms with Crippen LogP contribution in [0, 0.1) is 27.3 Å². The Balaban J connectivity index is 3.14. The van der Waals surface area contributed by atoms with Crippen LogP contribution >= 0.6 is 0 Å². The monoisotopic (exact) mass is 252 g/mol. The van der Waals surface area contributed by atoms with Crippen LogP contribution in [0.1, 0.15) is 18.1 Å². The maximum atomic E-state index is 13.4. The highest BCUT2D eigenvalue weighted by Gasteiger charge is 2.19. The number of carbonyl (C=O) groups is 1. The summed E-state index contributed by atoms with van der Waals surface area (Å²) >= 11 is 0. The van der Waals surface area contributed by atoms with Crippen LogP contribution in [0.5, 0.6) is 0 Å². The molecule has 0 radical (unpaired) electrons. The first-order chi connectivity index (χ1) is 8.49. The average molecular weight is 252 g/mol. The van der Waals surface area contributed by atoms with Crippen molar-refractivity contribution in [3.05, 3.63) is 39.2 Å². The number of nitro benzene ring substituents is 1. The van der Waals surface area contributed by atoms with Gasteiger partial charge in [0.1, 0.15) is 0 Å². The van der Waals surface area contributed by atoms with Crippen LogP contribution in [-0.4, -0.2) is 17.5 Å². The Morgan fingerprint density at radius 1 is 1.61 bits per heavy atom. The Hall–Kier alpha value is -2.49. The third kappa shape index (κ3) is 3.01. The quantitative estimate of drug-likeness (QED) is 0.462. The van der Waals surface area contributed by atoms with Gasteiger partial charge in [0.25, 0.3) is 0 Å². The van der Waals surface area contributed by atoms with E-state index in [1.165, 1.54) is 0 Å². The number of hydrogen-bond acceptors (Lipinski definition) is 5. The van der Waals surface area contributed by atoms with E-state index in [1.807, 2.05) is 0 Å². The number of nitrogens with zero attached hydrogens (tertiary/aromatic N) is 2. The highest BCUT2D eigenvalue weighted by molar-refractivity contribution is 5.73. The van der Waals surface area contributed by atoms with Crippen molar-refractivity contribution in [3.8, 4) is 6.07 Å². The molecule has 0 fully saturated rings. The van der Waals surface area contributed by atoms with Gasteiger partial charge in [-0.2, -0.15) is 9.65 Å². The van der Waals surface area contributed by atoms with Gasteiger partial charge in [-0.1, -0.05) is 0 Å². The summed E-state index contributed by atoms with van der Waals surface area (Å²) in [7, 11) is 0. The molecule has 94 valence electrons. The highest BCUT2D eigenvalue weighted by atomic mass is 19.1. The molecule has 0 saturated heterocycles. The van der Waals surface area contributed by atoms with Crippen molar-refractivity contribution < 1.29 is 18.8 Å². The number of ether oxygens (including phenoxy) is 1. The predicted molar refractivity (Wildman–Crippen MR) is 58.1 cm³/mol. The van der Waals surface area contributed by atoms with Crippen molar-refractivity contribution >= 4 is 11.7 Å². The molecule has 0 saturated carbocycles. The van der Waals surface area contributed by atoms with Crippen LogP contribution in [-0.2, 0) is 16.0 Å². The summed E-state index contributed by atoms with van der Waals surface area (Å²) in [6, 6.07) is 3.31. The van der Waals surface area contributed by atoms with Gasteiger partial charge in [-0.15, -0.1) is 0 Å². The first kappa shape index (κ1) is 13.6. The summed E-state index contributed by atoms with van der Waals surface area (Å²) in [6.07, 6.45) is -0.300. The van der Waals surface area contributed by atoms with E-state index in [0.29, 0.717) is 0 Å². The van der Waals surface area contributed by atoms with Gasteiger partial charge in [0.2, 0.25) is 5.82 Å². The smallest absolute Gasteiger partial charge is 0.310 e. The normalized spacial score (nSPS) is 9.61. The lowest BCUT2D eigenvalue weighted by Gasteiger charge is -2.04. The van der Waals surface area contributed by atoms with Gasteiger partial charge in [-0.25, -0.2) is 0 Å². The van der Waals surface area contributed by atoms with Crippen molar-refractivity contribution in [2.45, 2.75) is 13.3 Å². The van der Waals surface area contributed by atoms with Crippen LogP contribution in [0.4, 0.5) is 10.1 Å². The molecular formula is C11H9FN2O4. The summed E-state index contributed by atoms with van der Waals surface area (Å²) in [5.41, 5.74) is -0.839. The van der Waals surface area contributed by atoms with Crippen molar-refractivity contribution in [1.29, 1.82) is 5.26 Å². The summed E-state index contributed by atoms with van der Waals surface area (Å²) in [6.45, 7) is 1.77. The van der Waals surface area contributed by atoms with E-state index in [1.54, 1.807) is 13.0 Å². The third-order valence-electron chi connectivity index (χ3n) is 2.13. The molecule has 7 heteroatoms. The molecule has 0 aliphatic carbocycles. The Labute approximate surface area is 102 Å². The van der Waals surface area contributed by atoms with E-state index >= 15 is 0 Å². The van der Waals surface area contributed by atoms with E-state index < -0.39 is 22.4 Å². The molecule has 1 rings (SSSR count). The lowest BCUT2D eigenvalue weighted by molar-refractivity contribution is -0.387. The molecular weight excluding hydrogens is 243 g/mol. The molecule has 0 spiro atoms. The molecule has 0 aliphatic rings. The fraction of sp³-hybridized carbons (Fsp3) is 0.273. The molecule has 0 aromatic heterocycles. The molecule has 1 aromatic carbocycles. The number of nitro groups is 1. The standard InChI is InChI=1S/C11H9FN2O4/c1-2-18-11(15)5-7-3-9(12)10(14(16)17)4-8(7)6-13/h3-4H,2,5H2,1H3. The first-order valence-electron chi connectivity index (χ1n) is 5.02. The molecule has 0 N–H and O–H groups in total. The molecule has 0 unspecified atom stereocenters. The van der Waals surface area contributed by atoms with E-state index in [9.17, 15) is 19.3 Å². The van der Waals surface area contributed by atoms with Gasteiger partial charge in [-0.3, -0.25) is 14.9 Å². The number of rotatable bonds is 4. The largest absolute Gasteiger partial charge is 0.466 e. The van der Waals surface area contributed by atoms with Gasteiger partial charge in [0.15, 0.2) is 0 Å². The fourth-order valence-corrected chi connectivity index (χ4v) is 1.36. The summed E-state index contributed by atoms with van der Waals surface area (Å²) in [5.74, 6) is -1.71. The number of halogens is 1. The minimum atomic E-state index is -1.08. The number of carbonyl (C=O) groups excluding carboxylic acids is 1. The fourth-order valence-electron chi connectivity index (χ4n) is 1.36. The van der Waals surface area contributed by atoms with Crippen LogP contribution in [0.25, 0.3) is 0 Å². The lowest BCUT2D eigenvalue weighted by Crippen LogP contribution is -2.09. The van der Waals surface area contributed by atoms with Crippen molar-refractivity contribution in [2.75, 3.05) is 6.61 Å². The molecule has 18 heavy (non-hydrogen) atoms. The van der Waals surface area contributed by atoms with Crippen molar-refractivity contribution in [3.63, 3.8) is 0 Å². The van der Waals surface area contributed by atoms with Crippen LogP contribution in [0.2, 0.25) is 0 Å². The van der Waals surface area contributed by atoms with E-state index in [4.69, 9.17) is 5.26 Å². The predicted octanol–water partition coefficient (Wildman–Crippen LogP) is 1.71. The van der Waals surface area contributed by atoms with Crippen LogP contribution < -0.4 is 0 Å². The maximum Gasteiger partial charge on any atom is 0.310 e. The summed E-state index contributed by atoms with van der Waals surface area (Å²) in [4.78, 5) is 20.8. The second-order valence-electron chi connectivity index (χ2n) is 3.31. The number of hydrogen-bond donors (Lipinski definition) is 0. The molecule has 1 aromatic rings. The number of benzene rings is 1. The van der Waals surface area contributed by atoms with E-state index in [-0.39, 0.29) is 24.2 Å². The lowest BCUT2D eigenvalue weighted by atomic mass is 10.0. The van der Waals surface area contributed by atoms with Gasteiger partial charge in [0.05, 0.1) is 29.6 Å². The minimum absolute atomic E-state index is 0.0686. The Morgan fingerprint density at radius 3 is 2.78 bits per heavy atom. The van der Waals surface area contributed by atoms with Crippen LogP contribution in [0.15, 0.2) is 12.1 Å². The minimum Gasteiger partial charge on any atom is -0.466 e. The average Bonchev–Trinajstić information content (AvgIpc) is 2.29. The molecule has 0 heterocycles.